The third-order valence-electron chi connectivity index (χ3n) is 3.75. The van der Waals surface area contributed by atoms with Crippen molar-refractivity contribution in [2.75, 3.05) is 0 Å². The molecular weight excluding hydrogens is 148 g/mol. The lowest BCUT2D eigenvalue weighted by Crippen LogP contribution is -2.16. The van der Waals surface area contributed by atoms with Gasteiger partial charge in [0.2, 0.25) is 0 Å². The van der Waals surface area contributed by atoms with Crippen LogP contribution in [0.1, 0.15) is 41.0 Å². The van der Waals surface area contributed by atoms with Crippen molar-refractivity contribution in [1.82, 2.24) is 0 Å². The minimum Gasteiger partial charge on any atom is -0.0625 e. The third-order valence-corrected chi connectivity index (χ3v) is 3.75. The lowest BCUT2D eigenvalue weighted by molar-refractivity contribution is 0.257. The van der Waals surface area contributed by atoms with Crippen LogP contribution in [0.15, 0.2) is 0 Å². The molecule has 1 aliphatic rings. The summed E-state index contributed by atoms with van der Waals surface area (Å²) >= 11 is 0. The largest absolute Gasteiger partial charge is 0.0625 e. The molecule has 3 atom stereocenters. The molecule has 0 amide bonds. The standard InChI is InChI=1S/C10H20.H4Si/c1-7(2)9(4)10(5)6-8(10)3;/h7-9H,6H2,1-5H3;1H4. The van der Waals surface area contributed by atoms with Gasteiger partial charge < -0.3 is 0 Å². The average Bonchev–Trinajstić information content (AvgIpc) is 2.41. The van der Waals surface area contributed by atoms with Gasteiger partial charge in [0.05, 0.1) is 0 Å². The summed E-state index contributed by atoms with van der Waals surface area (Å²) in [4.78, 5) is 0. The average molecular weight is 172 g/mol. The van der Waals surface area contributed by atoms with E-state index in [1.165, 1.54) is 6.42 Å². The normalized spacial score (nSPS) is 38.2. The first-order valence-electron chi connectivity index (χ1n) is 4.48. The van der Waals surface area contributed by atoms with Crippen molar-refractivity contribution in [3.05, 3.63) is 0 Å². The van der Waals surface area contributed by atoms with E-state index < -0.39 is 0 Å². The summed E-state index contributed by atoms with van der Waals surface area (Å²) in [5, 5.41) is 0. The zero-order valence-corrected chi connectivity index (χ0v) is 7.94. The van der Waals surface area contributed by atoms with Crippen LogP contribution in [0.4, 0.5) is 0 Å². The van der Waals surface area contributed by atoms with Crippen molar-refractivity contribution in [3.8, 4) is 0 Å². The Morgan fingerprint density at radius 3 is 1.73 bits per heavy atom. The van der Waals surface area contributed by atoms with Crippen molar-refractivity contribution in [3.63, 3.8) is 0 Å². The maximum atomic E-state index is 2.43. The molecule has 0 bridgehead atoms. The molecule has 0 aliphatic heterocycles. The molecule has 1 rings (SSSR count). The Morgan fingerprint density at radius 1 is 1.27 bits per heavy atom. The van der Waals surface area contributed by atoms with Gasteiger partial charge in [0.25, 0.3) is 0 Å². The molecule has 0 heterocycles. The molecule has 0 aromatic rings. The lowest BCUT2D eigenvalue weighted by Gasteiger charge is -2.23. The van der Waals surface area contributed by atoms with E-state index in [0.29, 0.717) is 5.41 Å². The molecule has 0 N–H and O–H groups in total. The molecule has 1 heteroatoms. The highest BCUT2D eigenvalue weighted by Gasteiger charge is 2.50. The van der Waals surface area contributed by atoms with Gasteiger partial charge in [-0.2, -0.15) is 0 Å². The Morgan fingerprint density at radius 2 is 1.64 bits per heavy atom. The predicted octanol–water partition coefficient (Wildman–Crippen LogP) is 1.87. The van der Waals surface area contributed by atoms with Gasteiger partial charge in [0.15, 0.2) is 0 Å². The van der Waals surface area contributed by atoms with Gasteiger partial charge in [-0.1, -0.05) is 34.6 Å². The van der Waals surface area contributed by atoms with Crippen LogP contribution in [0.5, 0.6) is 0 Å². The fourth-order valence-electron chi connectivity index (χ4n) is 2.00. The molecule has 3 unspecified atom stereocenters. The van der Waals surface area contributed by atoms with Crippen LogP contribution in [0.25, 0.3) is 0 Å². The second kappa shape index (κ2) is 3.30. The first kappa shape index (κ1) is 11.2. The van der Waals surface area contributed by atoms with E-state index in [0.717, 1.165) is 17.8 Å². The fraction of sp³-hybridized carbons (Fsp3) is 1.00. The summed E-state index contributed by atoms with van der Waals surface area (Å²) in [6.07, 6.45) is 1.45. The van der Waals surface area contributed by atoms with Gasteiger partial charge >= 0.3 is 0 Å². The second-order valence-electron chi connectivity index (χ2n) is 4.64. The predicted molar refractivity (Wildman–Crippen MR) is 57.2 cm³/mol. The molecule has 0 spiro atoms. The van der Waals surface area contributed by atoms with Gasteiger partial charge in [-0.3, -0.25) is 0 Å². The third kappa shape index (κ3) is 1.87. The molecule has 1 saturated carbocycles. The zero-order valence-electron chi connectivity index (χ0n) is 7.94. The lowest BCUT2D eigenvalue weighted by atomic mass is 9.82. The molecule has 1 fully saturated rings. The van der Waals surface area contributed by atoms with E-state index in [-0.39, 0.29) is 11.0 Å². The van der Waals surface area contributed by atoms with Crippen LogP contribution in [0, 0.1) is 23.2 Å². The van der Waals surface area contributed by atoms with Crippen LogP contribution in [0.3, 0.4) is 0 Å². The molecule has 0 nitrogen and oxygen atoms in total. The van der Waals surface area contributed by atoms with Crippen molar-refractivity contribution in [2.45, 2.75) is 41.0 Å². The highest BCUT2D eigenvalue weighted by Crippen LogP contribution is 2.58. The fourth-order valence-corrected chi connectivity index (χ4v) is 2.00. The van der Waals surface area contributed by atoms with E-state index in [1.54, 1.807) is 0 Å². The summed E-state index contributed by atoms with van der Waals surface area (Å²) in [6.45, 7) is 11.9. The smallest absolute Gasteiger partial charge is 0.0149 e. The van der Waals surface area contributed by atoms with Crippen molar-refractivity contribution >= 4 is 11.0 Å². The molecule has 0 aromatic carbocycles. The molecule has 0 aromatic heterocycles. The number of hydrogen-bond acceptors (Lipinski definition) is 0. The van der Waals surface area contributed by atoms with Crippen molar-refractivity contribution in [2.24, 2.45) is 23.2 Å². The van der Waals surface area contributed by atoms with E-state index >= 15 is 0 Å². The summed E-state index contributed by atoms with van der Waals surface area (Å²) < 4.78 is 0. The highest BCUT2D eigenvalue weighted by molar-refractivity contribution is 5.75. The molecular formula is C10H24Si. The maximum Gasteiger partial charge on any atom is -0.0149 e. The Balaban J connectivity index is 0.000001000. The molecule has 11 heavy (non-hydrogen) atoms. The Hall–Kier alpha value is 0.217. The molecule has 0 radical (unpaired) electrons. The number of rotatable bonds is 2. The second-order valence-corrected chi connectivity index (χ2v) is 4.64. The van der Waals surface area contributed by atoms with Crippen LogP contribution in [-0.4, -0.2) is 11.0 Å². The topological polar surface area (TPSA) is 0 Å². The van der Waals surface area contributed by atoms with Crippen LogP contribution < -0.4 is 0 Å². The first-order valence-corrected chi connectivity index (χ1v) is 4.48. The van der Waals surface area contributed by atoms with Gasteiger partial charge in [-0.25, -0.2) is 0 Å². The summed E-state index contributed by atoms with van der Waals surface area (Å²) in [5.41, 5.74) is 0.689. The van der Waals surface area contributed by atoms with Crippen LogP contribution in [0.2, 0.25) is 0 Å². The van der Waals surface area contributed by atoms with Crippen LogP contribution in [-0.2, 0) is 0 Å². The molecule has 1 aliphatic carbocycles. The van der Waals surface area contributed by atoms with Crippen molar-refractivity contribution < 1.29 is 0 Å². The van der Waals surface area contributed by atoms with E-state index in [2.05, 4.69) is 34.6 Å². The first-order chi connectivity index (χ1) is 4.48. The molecule has 68 valence electrons. The highest BCUT2D eigenvalue weighted by atomic mass is 28.1. The van der Waals surface area contributed by atoms with E-state index in [4.69, 9.17) is 0 Å². The van der Waals surface area contributed by atoms with Crippen molar-refractivity contribution in [1.29, 1.82) is 0 Å². The van der Waals surface area contributed by atoms with Gasteiger partial charge in [0.1, 0.15) is 0 Å². The Kier molecular flexibility index (Phi) is 3.37. The van der Waals surface area contributed by atoms with Gasteiger partial charge in [0, 0.05) is 0 Å². The summed E-state index contributed by atoms with van der Waals surface area (Å²) in [6, 6.07) is 0. The summed E-state index contributed by atoms with van der Waals surface area (Å²) in [5.74, 6) is 2.74. The SMILES string of the molecule is CC(C)C(C)C1(C)CC1C.[SiH4]. The van der Waals surface area contributed by atoms with E-state index in [9.17, 15) is 0 Å². The van der Waals surface area contributed by atoms with Gasteiger partial charge in [-0.05, 0) is 40.6 Å². The minimum atomic E-state index is 0. The minimum absolute atomic E-state index is 0. The Bertz CT molecular complexity index is 131. The molecule has 0 saturated heterocycles. The number of hydrogen-bond donors (Lipinski definition) is 0. The van der Waals surface area contributed by atoms with Gasteiger partial charge in [-0.15, -0.1) is 0 Å². The maximum absolute atomic E-state index is 2.43. The van der Waals surface area contributed by atoms with Crippen LogP contribution >= 0.6 is 0 Å². The summed E-state index contributed by atoms with van der Waals surface area (Å²) in [7, 11) is 0. The zero-order chi connectivity index (χ0) is 7.94. The van der Waals surface area contributed by atoms with E-state index in [1.807, 2.05) is 0 Å². The Labute approximate surface area is 75.8 Å². The quantitative estimate of drug-likeness (QED) is 0.558. The monoisotopic (exact) mass is 172 g/mol.